The van der Waals surface area contributed by atoms with Gasteiger partial charge in [-0.3, -0.25) is 4.79 Å². The lowest BCUT2D eigenvalue weighted by molar-refractivity contribution is 0.112. The molecule has 0 aromatic heterocycles. The first-order valence-corrected chi connectivity index (χ1v) is 5.79. The van der Waals surface area contributed by atoms with Crippen LogP contribution in [0.2, 0.25) is 0 Å². The van der Waals surface area contributed by atoms with E-state index in [1.807, 2.05) is 0 Å². The monoisotopic (exact) mass is 268 g/mol. The molecular weight excluding hydrogens is 261 g/mol. The van der Waals surface area contributed by atoms with Crippen LogP contribution in [0.3, 0.4) is 0 Å². The molecule has 2 rings (SSSR count). The minimum Gasteiger partial charge on any atom is -0.298 e. The van der Waals surface area contributed by atoms with Crippen LogP contribution in [-0.4, -0.2) is 6.29 Å². The largest absolute Gasteiger partial charge is 0.298 e. The lowest BCUT2D eigenvalue weighted by Crippen LogP contribution is -1.92. The summed E-state index contributed by atoms with van der Waals surface area (Å²) < 4.78 is 39.8. The highest BCUT2D eigenvalue weighted by atomic mass is 32.2. The van der Waals surface area contributed by atoms with Crippen LogP contribution in [0.4, 0.5) is 13.2 Å². The van der Waals surface area contributed by atoms with E-state index < -0.39 is 17.5 Å². The topological polar surface area (TPSA) is 17.1 Å². The number of aldehydes is 1. The van der Waals surface area contributed by atoms with Crippen LogP contribution in [0.15, 0.2) is 46.2 Å². The zero-order valence-corrected chi connectivity index (χ0v) is 9.81. The van der Waals surface area contributed by atoms with E-state index in [9.17, 15) is 18.0 Å². The molecule has 0 heterocycles. The Morgan fingerprint density at radius 2 is 1.50 bits per heavy atom. The van der Waals surface area contributed by atoms with Crippen LogP contribution in [-0.2, 0) is 0 Å². The second-order valence-corrected chi connectivity index (χ2v) is 4.57. The van der Waals surface area contributed by atoms with Crippen molar-refractivity contribution in [2.24, 2.45) is 0 Å². The summed E-state index contributed by atoms with van der Waals surface area (Å²) in [5, 5.41) is 0. The van der Waals surface area contributed by atoms with Gasteiger partial charge in [-0.1, -0.05) is 11.8 Å². The minimum absolute atomic E-state index is 0.0616. The van der Waals surface area contributed by atoms with Gasteiger partial charge in [-0.15, -0.1) is 0 Å². The maximum absolute atomic E-state index is 13.6. The molecule has 0 amide bonds. The Kier molecular flexibility index (Phi) is 3.72. The number of hydrogen-bond donors (Lipinski definition) is 0. The molecule has 0 bridgehead atoms. The van der Waals surface area contributed by atoms with Crippen LogP contribution in [0.25, 0.3) is 0 Å². The molecule has 0 saturated carbocycles. The van der Waals surface area contributed by atoms with Crippen molar-refractivity contribution >= 4 is 18.0 Å². The van der Waals surface area contributed by atoms with Crippen molar-refractivity contribution in [3.63, 3.8) is 0 Å². The van der Waals surface area contributed by atoms with E-state index in [-0.39, 0.29) is 10.5 Å². The fraction of sp³-hybridized carbons (Fsp3) is 0. The van der Waals surface area contributed by atoms with E-state index in [1.54, 1.807) is 0 Å². The van der Waals surface area contributed by atoms with Gasteiger partial charge >= 0.3 is 0 Å². The van der Waals surface area contributed by atoms with Gasteiger partial charge in [0.15, 0.2) is 0 Å². The van der Waals surface area contributed by atoms with Gasteiger partial charge in [0.1, 0.15) is 23.7 Å². The third kappa shape index (κ3) is 2.73. The normalized spacial score (nSPS) is 10.4. The molecule has 2 aromatic carbocycles. The molecule has 92 valence electrons. The third-order valence-electron chi connectivity index (χ3n) is 2.19. The second-order valence-electron chi connectivity index (χ2n) is 3.49. The molecule has 0 aliphatic heterocycles. The molecule has 0 atom stereocenters. The lowest BCUT2D eigenvalue weighted by Gasteiger charge is -2.05. The quantitative estimate of drug-likeness (QED) is 0.781. The molecule has 2 aromatic rings. The van der Waals surface area contributed by atoms with Crippen molar-refractivity contribution < 1.29 is 18.0 Å². The summed E-state index contributed by atoms with van der Waals surface area (Å²) in [6.45, 7) is 0. The maximum Gasteiger partial charge on any atom is 0.150 e. The Morgan fingerprint density at radius 1 is 0.944 bits per heavy atom. The highest BCUT2D eigenvalue weighted by Gasteiger charge is 2.12. The Hall–Kier alpha value is -1.75. The minimum atomic E-state index is -0.813. The summed E-state index contributed by atoms with van der Waals surface area (Å²) in [6, 6.07) is 7.18. The van der Waals surface area contributed by atoms with E-state index in [0.29, 0.717) is 11.2 Å². The molecule has 0 radical (unpaired) electrons. The van der Waals surface area contributed by atoms with Gasteiger partial charge in [-0.05, 0) is 36.4 Å². The predicted octanol–water partition coefficient (Wildman–Crippen LogP) is 4.07. The Balaban J connectivity index is 2.34. The van der Waals surface area contributed by atoms with Crippen molar-refractivity contribution in [1.29, 1.82) is 0 Å². The molecule has 1 nitrogen and oxygen atoms in total. The van der Waals surface area contributed by atoms with Crippen molar-refractivity contribution in [3.8, 4) is 0 Å². The van der Waals surface area contributed by atoms with Crippen molar-refractivity contribution in [3.05, 3.63) is 59.4 Å². The average molecular weight is 268 g/mol. The van der Waals surface area contributed by atoms with Crippen LogP contribution >= 0.6 is 11.8 Å². The van der Waals surface area contributed by atoms with E-state index in [1.165, 1.54) is 24.3 Å². The molecule has 18 heavy (non-hydrogen) atoms. The van der Waals surface area contributed by atoms with Crippen molar-refractivity contribution in [2.45, 2.75) is 9.79 Å². The van der Waals surface area contributed by atoms with Crippen LogP contribution in [0.1, 0.15) is 10.4 Å². The van der Waals surface area contributed by atoms with E-state index >= 15 is 0 Å². The fourth-order valence-corrected chi connectivity index (χ4v) is 2.19. The first kappa shape index (κ1) is 12.7. The van der Waals surface area contributed by atoms with E-state index in [2.05, 4.69) is 0 Å². The van der Waals surface area contributed by atoms with Crippen LogP contribution in [0.5, 0.6) is 0 Å². The number of carbonyl (C=O) groups is 1. The standard InChI is InChI=1S/C13H7F3OS/c14-9-1-3-10(4-2-9)18-13-11(15)5-8(7-17)6-12(13)16/h1-7H. The highest BCUT2D eigenvalue weighted by molar-refractivity contribution is 7.99. The second kappa shape index (κ2) is 5.27. The zero-order valence-electron chi connectivity index (χ0n) is 8.99. The number of carbonyl (C=O) groups excluding carboxylic acids is 1. The van der Waals surface area contributed by atoms with Gasteiger partial charge in [-0.25, -0.2) is 13.2 Å². The Labute approximate surface area is 106 Å². The number of benzene rings is 2. The SMILES string of the molecule is O=Cc1cc(F)c(Sc2ccc(F)cc2)c(F)c1. The molecule has 0 unspecified atom stereocenters. The van der Waals surface area contributed by atoms with Crippen molar-refractivity contribution in [2.75, 3.05) is 0 Å². The first-order valence-electron chi connectivity index (χ1n) is 4.98. The predicted molar refractivity (Wildman–Crippen MR) is 62.3 cm³/mol. The van der Waals surface area contributed by atoms with E-state index in [0.717, 1.165) is 23.9 Å². The van der Waals surface area contributed by atoms with E-state index in [4.69, 9.17) is 0 Å². The number of rotatable bonds is 3. The molecular formula is C13H7F3OS. The summed E-state index contributed by atoms with van der Waals surface area (Å²) in [5.41, 5.74) is -0.0616. The van der Waals surface area contributed by atoms with Gasteiger partial charge in [0.25, 0.3) is 0 Å². The van der Waals surface area contributed by atoms with Gasteiger partial charge in [0, 0.05) is 10.5 Å². The Morgan fingerprint density at radius 3 is 2.00 bits per heavy atom. The number of hydrogen-bond acceptors (Lipinski definition) is 2. The summed E-state index contributed by atoms with van der Waals surface area (Å²) in [5.74, 6) is -2.05. The molecule has 5 heteroatoms. The van der Waals surface area contributed by atoms with Crippen molar-refractivity contribution in [1.82, 2.24) is 0 Å². The molecule has 0 saturated heterocycles. The van der Waals surface area contributed by atoms with Gasteiger partial charge in [0.05, 0.1) is 4.90 Å². The number of halogens is 3. The summed E-state index contributed by atoms with van der Waals surface area (Å²) in [4.78, 5) is 10.7. The molecule has 0 aliphatic carbocycles. The molecule has 0 fully saturated rings. The van der Waals surface area contributed by atoms with Gasteiger partial charge < -0.3 is 0 Å². The van der Waals surface area contributed by atoms with Crippen LogP contribution in [0, 0.1) is 17.5 Å². The summed E-state index contributed by atoms with van der Waals surface area (Å²) >= 11 is 0.836. The zero-order chi connectivity index (χ0) is 13.1. The first-order chi connectivity index (χ1) is 8.60. The van der Waals surface area contributed by atoms with Crippen LogP contribution < -0.4 is 0 Å². The molecule has 0 spiro atoms. The Bertz CT molecular complexity index is 558. The fourth-order valence-electron chi connectivity index (χ4n) is 1.37. The summed E-state index contributed by atoms with van der Waals surface area (Å²) in [7, 11) is 0. The van der Waals surface area contributed by atoms with Gasteiger partial charge in [-0.2, -0.15) is 0 Å². The molecule has 0 aliphatic rings. The third-order valence-corrected chi connectivity index (χ3v) is 3.29. The highest BCUT2D eigenvalue weighted by Crippen LogP contribution is 2.32. The molecule has 0 N–H and O–H groups in total. The van der Waals surface area contributed by atoms with Gasteiger partial charge in [0.2, 0.25) is 0 Å². The maximum atomic E-state index is 13.6. The smallest absolute Gasteiger partial charge is 0.150 e. The summed E-state index contributed by atoms with van der Waals surface area (Å²) in [6.07, 6.45) is 0.374. The lowest BCUT2D eigenvalue weighted by atomic mass is 10.2. The average Bonchev–Trinajstić information content (AvgIpc) is 2.35.